The number of ether oxygens (including phenoxy) is 1. The normalized spacial score (nSPS) is 20.2. The number of methoxy groups -OCH3 is 1. The van der Waals surface area contributed by atoms with E-state index in [1.807, 2.05) is 30.3 Å². The fourth-order valence-electron chi connectivity index (χ4n) is 3.27. The summed E-state index contributed by atoms with van der Waals surface area (Å²) in [5, 5.41) is 0. The largest absolute Gasteiger partial charge is 0.469 e. The molecule has 1 saturated heterocycles. The van der Waals surface area contributed by atoms with Gasteiger partial charge in [-0.1, -0.05) is 30.3 Å². The number of carbonyl (C=O) groups is 2. The van der Waals surface area contributed by atoms with Crippen LogP contribution in [0, 0.1) is 19.8 Å². The zero-order valence-corrected chi connectivity index (χ0v) is 14.0. The summed E-state index contributed by atoms with van der Waals surface area (Å²) in [5.74, 6) is -0.0242. The molecule has 126 valence electrons. The second kappa shape index (κ2) is 6.47. The first-order valence-corrected chi connectivity index (χ1v) is 7.87. The number of rotatable bonds is 3. The molecule has 24 heavy (non-hydrogen) atoms. The van der Waals surface area contributed by atoms with Gasteiger partial charge in [0.1, 0.15) is 5.76 Å². The maximum Gasteiger partial charge on any atom is 0.311 e. The van der Waals surface area contributed by atoms with Crippen LogP contribution in [0.2, 0.25) is 0 Å². The smallest absolute Gasteiger partial charge is 0.311 e. The Labute approximate surface area is 140 Å². The summed E-state index contributed by atoms with van der Waals surface area (Å²) in [7, 11) is 1.38. The van der Waals surface area contributed by atoms with E-state index < -0.39 is 0 Å². The van der Waals surface area contributed by atoms with Crippen molar-refractivity contribution in [3.05, 3.63) is 53.2 Å². The average Bonchev–Trinajstić information content (AvgIpc) is 3.18. The summed E-state index contributed by atoms with van der Waals surface area (Å²) in [6.45, 7) is 4.19. The van der Waals surface area contributed by atoms with Crippen molar-refractivity contribution < 1.29 is 18.7 Å². The first-order chi connectivity index (χ1) is 11.5. The van der Waals surface area contributed by atoms with Crippen LogP contribution in [0.1, 0.15) is 33.6 Å². The average molecular weight is 328 g/mol. The number of benzene rings is 1. The lowest BCUT2D eigenvalue weighted by Gasteiger charge is -2.16. The third kappa shape index (κ3) is 2.91. The van der Waals surface area contributed by atoms with Gasteiger partial charge in [0.05, 0.1) is 13.0 Å². The molecule has 0 radical (unpaired) electrons. The third-order valence-corrected chi connectivity index (χ3v) is 4.44. The molecule has 3 rings (SSSR count). The zero-order chi connectivity index (χ0) is 17.3. The van der Waals surface area contributed by atoms with Gasteiger partial charge in [-0.3, -0.25) is 9.59 Å². The van der Waals surface area contributed by atoms with Crippen molar-refractivity contribution in [2.75, 3.05) is 20.2 Å². The Kier molecular flexibility index (Phi) is 4.38. The Balaban J connectivity index is 1.88. The number of amides is 1. The van der Waals surface area contributed by atoms with Crippen molar-refractivity contribution in [1.82, 2.24) is 9.88 Å². The van der Waals surface area contributed by atoms with E-state index in [-0.39, 0.29) is 23.7 Å². The van der Waals surface area contributed by atoms with E-state index in [0.29, 0.717) is 30.4 Å². The maximum atomic E-state index is 12.8. The van der Waals surface area contributed by atoms with Crippen molar-refractivity contribution in [3.8, 4) is 0 Å². The fraction of sp³-hybridized carbons (Fsp3) is 0.389. The van der Waals surface area contributed by atoms with E-state index in [1.54, 1.807) is 18.7 Å². The standard InChI is InChI=1S/C18H20N2O4/c1-11-16(19-12(2)24-11)17(21)20-9-14(13-7-5-4-6-8-13)15(10-20)18(22)23-3/h4-8,14-15H,9-10H2,1-3H3. The Bertz CT molecular complexity index is 754. The van der Waals surface area contributed by atoms with Gasteiger partial charge in [-0.25, -0.2) is 4.98 Å². The number of carbonyl (C=O) groups excluding carboxylic acids is 2. The first kappa shape index (κ1) is 16.2. The molecular weight excluding hydrogens is 308 g/mol. The van der Waals surface area contributed by atoms with E-state index >= 15 is 0 Å². The highest BCUT2D eigenvalue weighted by Gasteiger charge is 2.42. The van der Waals surface area contributed by atoms with Crippen LogP contribution in [-0.2, 0) is 9.53 Å². The molecule has 1 aromatic carbocycles. The number of oxazole rings is 1. The van der Waals surface area contributed by atoms with Crippen LogP contribution in [0.25, 0.3) is 0 Å². The quantitative estimate of drug-likeness (QED) is 0.809. The number of nitrogens with zero attached hydrogens (tertiary/aromatic N) is 2. The second-order valence-electron chi connectivity index (χ2n) is 5.99. The minimum Gasteiger partial charge on any atom is -0.469 e. The van der Waals surface area contributed by atoms with Gasteiger partial charge in [-0.2, -0.15) is 0 Å². The van der Waals surface area contributed by atoms with E-state index in [9.17, 15) is 9.59 Å². The van der Waals surface area contributed by atoms with Crippen molar-refractivity contribution in [3.63, 3.8) is 0 Å². The van der Waals surface area contributed by atoms with Gasteiger partial charge in [0, 0.05) is 25.9 Å². The van der Waals surface area contributed by atoms with Crippen LogP contribution >= 0.6 is 0 Å². The zero-order valence-electron chi connectivity index (χ0n) is 14.0. The van der Waals surface area contributed by atoms with Crippen molar-refractivity contribution >= 4 is 11.9 Å². The van der Waals surface area contributed by atoms with E-state index in [4.69, 9.17) is 9.15 Å². The molecule has 6 heteroatoms. The fourth-order valence-corrected chi connectivity index (χ4v) is 3.27. The Morgan fingerprint density at radius 2 is 1.92 bits per heavy atom. The van der Waals surface area contributed by atoms with Crippen molar-refractivity contribution in [2.45, 2.75) is 19.8 Å². The molecule has 0 saturated carbocycles. The van der Waals surface area contributed by atoms with Crippen LogP contribution in [-0.4, -0.2) is 42.0 Å². The Morgan fingerprint density at radius 1 is 1.21 bits per heavy atom. The predicted molar refractivity (Wildman–Crippen MR) is 86.6 cm³/mol. The molecule has 1 fully saturated rings. The monoisotopic (exact) mass is 328 g/mol. The summed E-state index contributed by atoms with van der Waals surface area (Å²) >= 11 is 0. The molecule has 6 nitrogen and oxygen atoms in total. The first-order valence-electron chi connectivity index (χ1n) is 7.87. The summed E-state index contributed by atoms with van der Waals surface area (Å²) in [5.41, 5.74) is 1.33. The Morgan fingerprint density at radius 3 is 2.50 bits per heavy atom. The minimum atomic E-state index is -0.380. The summed E-state index contributed by atoms with van der Waals surface area (Å²) in [4.78, 5) is 30.8. The molecule has 2 atom stereocenters. The van der Waals surface area contributed by atoms with Crippen LogP contribution < -0.4 is 0 Å². The van der Waals surface area contributed by atoms with E-state index in [0.717, 1.165) is 5.56 Å². The van der Waals surface area contributed by atoms with Gasteiger partial charge in [-0.05, 0) is 12.5 Å². The molecule has 1 aliphatic rings. The van der Waals surface area contributed by atoms with Gasteiger partial charge in [-0.15, -0.1) is 0 Å². The van der Waals surface area contributed by atoms with Gasteiger partial charge in [0.25, 0.3) is 5.91 Å². The molecule has 1 aliphatic heterocycles. The van der Waals surface area contributed by atoms with Crippen molar-refractivity contribution in [2.24, 2.45) is 5.92 Å². The van der Waals surface area contributed by atoms with E-state index in [1.165, 1.54) is 7.11 Å². The number of hydrogen-bond donors (Lipinski definition) is 0. The minimum absolute atomic E-state index is 0.0871. The maximum absolute atomic E-state index is 12.8. The lowest BCUT2D eigenvalue weighted by molar-refractivity contribution is -0.145. The number of aromatic nitrogens is 1. The highest BCUT2D eigenvalue weighted by Crippen LogP contribution is 2.34. The van der Waals surface area contributed by atoms with Crippen LogP contribution in [0.3, 0.4) is 0 Å². The predicted octanol–water partition coefficient (Wildman–Crippen LogP) is 2.32. The molecular formula is C18H20N2O4. The molecule has 2 aromatic rings. The second-order valence-corrected chi connectivity index (χ2v) is 5.99. The van der Waals surface area contributed by atoms with Gasteiger partial charge >= 0.3 is 5.97 Å². The molecule has 0 aliphatic carbocycles. The molecule has 2 unspecified atom stereocenters. The molecule has 0 bridgehead atoms. The number of likely N-dealkylation sites (tertiary alicyclic amines) is 1. The van der Waals surface area contributed by atoms with Crippen LogP contribution in [0.15, 0.2) is 34.7 Å². The molecule has 1 aromatic heterocycles. The summed E-state index contributed by atoms with van der Waals surface area (Å²) in [6, 6.07) is 9.73. The van der Waals surface area contributed by atoms with Gasteiger partial charge in [0.2, 0.25) is 0 Å². The molecule has 2 heterocycles. The lowest BCUT2D eigenvalue weighted by atomic mass is 9.89. The summed E-state index contributed by atoms with van der Waals surface area (Å²) < 4.78 is 10.3. The van der Waals surface area contributed by atoms with Crippen LogP contribution in [0.5, 0.6) is 0 Å². The SMILES string of the molecule is COC(=O)C1CN(C(=O)c2nc(C)oc2C)CC1c1ccccc1. The third-order valence-electron chi connectivity index (χ3n) is 4.44. The van der Waals surface area contributed by atoms with Crippen molar-refractivity contribution in [1.29, 1.82) is 0 Å². The highest BCUT2D eigenvalue weighted by atomic mass is 16.5. The summed E-state index contributed by atoms with van der Waals surface area (Å²) in [6.07, 6.45) is 0. The number of esters is 1. The van der Waals surface area contributed by atoms with Gasteiger partial charge in [0.15, 0.2) is 11.6 Å². The van der Waals surface area contributed by atoms with Gasteiger partial charge < -0.3 is 14.1 Å². The number of aryl methyl sites for hydroxylation is 2. The van der Waals surface area contributed by atoms with Crippen LogP contribution in [0.4, 0.5) is 0 Å². The lowest BCUT2D eigenvalue weighted by Crippen LogP contribution is -2.30. The number of hydrogen-bond acceptors (Lipinski definition) is 5. The Hall–Kier alpha value is -2.63. The highest BCUT2D eigenvalue weighted by molar-refractivity contribution is 5.94. The van der Waals surface area contributed by atoms with E-state index in [2.05, 4.69) is 4.98 Å². The molecule has 0 spiro atoms. The molecule has 0 N–H and O–H groups in total. The molecule has 1 amide bonds. The topological polar surface area (TPSA) is 72.6 Å².